The van der Waals surface area contributed by atoms with Crippen molar-refractivity contribution in [1.29, 1.82) is 0 Å². The Morgan fingerprint density at radius 1 is 1.33 bits per heavy atom. The fourth-order valence-corrected chi connectivity index (χ4v) is 2.44. The van der Waals surface area contributed by atoms with E-state index in [1.165, 1.54) is 15.6 Å². The molecule has 0 aromatic carbocycles. The van der Waals surface area contributed by atoms with Crippen molar-refractivity contribution in [3.05, 3.63) is 15.6 Å². The van der Waals surface area contributed by atoms with Crippen LogP contribution in [0.25, 0.3) is 0 Å². The Morgan fingerprint density at radius 3 is 2.60 bits per heavy atom. The van der Waals surface area contributed by atoms with Gasteiger partial charge in [0, 0.05) is 24.4 Å². The van der Waals surface area contributed by atoms with Crippen molar-refractivity contribution >= 4 is 11.3 Å². The van der Waals surface area contributed by atoms with Crippen LogP contribution in [0.2, 0.25) is 0 Å². The molecule has 86 valence electrons. The van der Waals surface area contributed by atoms with E-state index in [4.69, 9.17) is 5.73 Å². The molecule has 0 saturated carbocycles. The molecule has 15 heavy (non-hydrogen) atoms. The fourth-order valence-electron chi connectivity index (χ4n) is 1.45. The van der Waals surface area contributed by atoms with Gasteiger partial charge < -0.3 is 10.6 Å². The lowest BCUT2D eigenvalue weighted by Crippen LogP contribution is -2.14. The first kappa shape index (κ1) is 12.6. The Kier molecular flexibility index (Phi) is 5.22. The minimum absolute atomic E-state index is 0.634. The second-order valence-electron chi connectivity index (χ2n) is 3.98. The summed E-state index contributed by atoms with van der Waals surface area (Å²) >= 11 is 1.78. The molecule has 1 rings (SSSR count). The van der Waals surface area contributed by atoms with Crippen molar-refractivity contribution in [1.82, 2.24) is 9.88 Å². The molecule has 0 amide bonds. The Hall–Kier alpha value is -0.450. The second kappa shape index (κ2) is 6.20. The maximum atomic E-state index is 5.71. The first-order valence-electron chi connectivity index (χ1n) is 5.49. The summed E-state index contributed by atoms with van der Waals surface area (Å²) in [5.41, 5.74) is 6.93. The van der Waals surface area contributed by atoms with E-state index in [9.17, 15) is 0 Å². The lowest BCUT2D eigenvalue weighted by atomic mass is 10.2. The van der Waals surface area contributed by atoms with Gasteiger partial charge in [0.15, 0.2) is 0 Å². The molecule has 0 atom stereocenters. The van der Waals surface area contributed by atoms with Crippen LogP contribution in [0.15, 0.2) is 0 Å². The van der Waals surface area contributed by atoms with Crippen LogP contribution in [0.5, 0.6) is 0 Å². The third-order valence-corrected chi connectivity index (χ3v) is 3.45. The highest BCUT2D eigenvalue weighted by Crippen LogP contribution is 2.20. The standard InChI is InChI=1S/C11H21N3S/c1-4-5-9-10(8-12)15-11(13-9)6-7-14(2)3/h4-8,12H2,1-3H3. The van der Waals surface area contributed by atoms with Crippen LogP contribution in [0.3, 0.4) is 0 Å². The molecule has 0 unspecified atom stereocenters. The van der Waals surface area contributed by atoms with Gasteiger partial charge in [-0.05, 0) is 20.5 Å². The molecule has 0 fully saturated rings. The van der Waals surface area contributed by atoms with Crippen LogP contribution >= 0.6 is 11.3 Å². The predicted molar refractivity (Wildman–Crippen MR) is 66.3 cm³/mol. The molecular weight excluding hydrogens is 206 g/mol. The highest BCUT2D eigenvalue weighted by Gasteiger charge is 2.08. The van der Waals surface area contributed by atoms with Crippen molar-refractivity contribution in [2.75, 3.05) is 20.6 Å². The summed E-state index contributed by atoms with van der Waals surface area (Å²) in [7, 11) is 4.18. The van der Waals surface area contributed by atoms with Gasteiger partial charge in [0.2, 0.25) is 0 Å². The molecular formula is C11H21N3S. The van der Waals surface area contributed by atoms with E-state index >= 15 is 0 Å². The maximum absolute atomic E-state index is 5.71. The van der Waals surface area contributed by atoms with Gasteiger partial charge in [0.05, 0.1) is 10.7 Å². The minimum Gasteiger partial charge on any atom is -0.326 e. The van der Waals surface area contributed by atoms with Crippen molar-refractivity contribution < 1.29 is 0 Å². The number of thiazole rings is 1. The Bertz CT molecular complexity index is 294. The summed E-state index contributed by atoms with van der Waals surface area (Å²) in [4.78, 5) is 8.11. The quantitative estimate of drug-likeness (QED) is 0.803. The Labute approximate surface area is 96.3 Å². The molecule has 2 N–H and O–H groups in total. The summed E-state index contributed by atoms with van der Waals surface area (Å²) in [5, 5.41) is 1.23. The normalized spacial score (nSPS) is 11.3. The van der Waals surface area contributed by atoms with E-state index < -0.39 is 0 Å². The highest BCUT2D eigenvalue weighted by atomic mass is 32.1. The smallest absolute Gasteiger partial charge is 0.0944 e. The molecule has 0 spiro atoms. The van der Waals surface area contributed by atoms with Crippen LogP contribution in [0.1, 0.15) is 28.9 Å². The lowest BCUT2D eigenvalue weighted by molar-refractivity contribution is 0.413. The molecule has 1 aromatic rings. The van der Waals surface area contributed by atoms with Gasteiger partial charge >= 0.3 is 0 Å². The fraction of sp³-hybridized carbons (Fsp3) is 0.727. The van der Waals surface area contributed by atoms with E-state index in [-0.39, 0.29) is 0 Å². The Balaban J connectivity index is 2.65. The van der Waals surface area contributed by atoms with Gasteiger partial charge in [0.25, 0.3) is 0 Å². The largest absolute Gasteiger partial charge is 0.326 e. The number of hydrogen-bond donors (Lipinski definition) is 1. The zero-order valence-electron chi connectivity index (χ0n) is 9.92. The molecule has 0 aliphatic carbocycles. The van der Waals surface area contributed by atoms with Crippen LogP contribution < -0.4 is 5.73 Å². The highest BCUT2D eigenvalue weighted by molar-refractivity contribution is 7.11. The molecule has 0 aliphatic rings. The summed E-state index contributed by atoms with van der Waals surface area (Å²) in [6, 6.07) is 0. The van der Waals surface area contributed by atoms with E-state index in [1.54, 1.807) is 11.3 Å². The monoisotopic (exact) mass is 227 g/mol. The van der Waals surface area contributed by atoms with Gasteiger partial charge in [-0.15, -0.1) is 11.3 Å². The van der Waals surface area contributed by atoms with Crippen molar-refractivity contribution in [3.63, 3.8) is 0 Å². The molecule has 4 heteroatoms. The van der Waals surface area contributed by atoms with E-state index in [0.717, 1.165) is 25.8 Å². The topological polar surface area (TPSA) is 42.2 Å². The van der Waals surface area contributed by atoms with Crippen molar-refractivity contribution in [3.8, 4) is 0 Å². The van der Waals surface area contributed by atoms with Gasteiger partial charge in [-0.2, -0.15) is 0 Å². The number of likely N-dealkylation sites (N-methyl/N-ethyl adjacent to an activating group) is 1. The molecule has 0 bridgehead atoms. The van der Waals surface area contributed by atoms with Crippen LogP contribution in [0, 0.1) is 0 Å². The van der Waals surface area contributed by atoms with Crippen molar-refractivity contribution in [2.24, 2.45) is 5.73 Å². The van der Waals surface area contributed by atoms with Crippen LogP contribution in [-0.2, 0) is 19.4 Å². The number of nitrogens with two attached hydrogens (primary N) is 1. The van der Waals surface area contributed by atoms with E-state index in [1.807, 2.05) is 0 Å². The van der Waals surface area contributed by atoms with Crippen molar-refractivity contribution in [2.45, 2.75) is 32.7 Å². The number of rotatable bonds is 6. The molecule has 0 aliphatic heterocycles. The zero-order valence-corrected chi connectivity index (χ0v) is 10.7. The summed E-state index contributed by atoms with van der Waals surface area (Å²) in [5.74, 6) is 0. The van der Waals surface area contributed by atoms with Gasteiger partial charge in [-0.3, -0.25) is 0 Å². The van der Waals surface area contributed by atoms with Gasteiger partial charge in [0.1, 0.15) is 0 Å². The number of aromatic nitrogens is 1. The first-order valence-corrected chi connectivity index (χ1v) is 6.31. The minimum atomic E-state index is 0.634. The zero-order chi connectivity index (χ0) is 11.3. The average Bonchev–Trinajstić information content (AvgIpc) is 2.58. The molecule has 0 radical (unpaired) electrons. The third kappa shape index (κ3) is 3.89. The van der Waals surface area contributed by atoms with Gasteiger partial charge in [-0.1, -0.05) is 13.3 Å². The van der Waals surface area contributed by atoms with Gasteiger partial charge in [-0.25, -0.2) is 4.98 Å². The number of hydrogen-bond acceptors (Lipinski definition) is 4. The predicted octanol–water partition coefficient (Wildman–Crippen LogP) is 1.66. The summed E-state index contributed by atoms with van der Waals surface area (Å²) in [6.07, 6.45) is 3.24. The molecule has 3 nitrogen and oxygen atoms in total. The molecule has 1 heterocycles. The molecule has 1 aromatic heterocycles. The van der Waals surface area contributed by atoms with Crippen LogP contribution in [-0.4, -0.2) is 30.5 Å². The van der Waals surface area contributed by atoms with E-state index in [2.05, 4.69) is 30.9 Å². The first-order chi connectivity index (χ1) is 7.17. The maximum Gasteiger partial charge on any atom is 0.0944 e. The second-order valence-corrected chi connectivity index (χ2v) is 5.15. The SMILES string of the molecule is CCCc1nc(CCN(C)C)sc1CN. The number of aryl methyl sites for hydroxylation is 1. The summed E-state index contributed by atoms with van der Waals surface area (Å²) in [6.45, 7) is 3.87. The average molecular weight is 227 g/mol. The van der Waals surface area contributed by atoms with E-state index in [0.29, 0.717) is 6.54 Å². The molecule has 0 saturated heterocycles. The summed E-state index contributed by atoms with van der Waals surface area (Å²) < 4.78 is 0. The number of nitrogens with zero attached hydrogens (tertiary/aromatic N) is 2. The lowest BCUT2D eigenvalue weighted by Gasteiger charge is -2.06. The Morgan fingerprint density at radius 2 is 2.07 bits per heavy atom. The third-order valence-electron chi connectivity index (χ3n) is 2.27. The van der Waals surface area contributed by atoms with Crippen LogP contribution in [0.4, 0.5) is 0 Å².